The summed E-state index contributed by atoms with van der Waals surface area (Å²) in [6.45, 7) is 2.02. The predicted molar refractivity (Wildman–Crippen MR) is 57.3 cm³/mol. The van der Waals surface area contributed by atoms with Crippen LogP contribution in [0.15, 0.2) is 0 Å². The Morgan fingerprint density at radius 2 is 2.13 bits per heavy atom. The molecule has 0 aromatic carbocycles. The minimum Gasteiger partial charge on any atom is -0.375 e. The van der Waals surface area contributed by atoms with Crippen molar-refractivity contribution in [3.05, 3.63) is 0 Å². The lowest BCUT2D eigenvalue weighted by atomic mass is 9.79. The van der Waals surface area contributed by atoms with Crippen molar-refractivity contribution in [1.29, 1.82) is 0 Å². The second-order valence-electron chi connectivity index (χ2n) is 4.83. The third kappa shape index (κ3) is 2.32. The normalized spacial score (nSPS) is 35.3. The van der Waals surface area contributed by atoms with Gasteiger partial charge in [0.1, 0.15) is 6.61 Å². The first-order chi connectivity index (χ1) is 7.20. The van der Waals surface area contributed by atoms with E-state index in [0.29, 0.717) is 17.9 Å². The van der Waals surface area contributed by atoms with Gasteiger partial charge in [0.25, 0.3) is 0 Å². The second kappa shape index (κ2) is 4.49. The highest BCUT2D eigenvalue weighted by Gasteiger charge is 2.38. The molecule has 1 unspecified atom stereocenters. The monoisotopic (exact) mass is 212 g/mol. The van der Waals surface area contributed by atoms with Crippen LogP contribution in [0.25, 0.3) is 0 Å². The number of carbonyl (C=O) groups is 1. The Hall–Kier alpha value is -0.610. The summed E-state index contributed by atoms with van der Waals surface area (Å²) in [5, 5.41) is 0. The number of ether oxygens (including phenoxy) is 1. The molecule has 4 heteroatoms. The van der Waals surface area contributed by atoms with Crippen LogP contribution in [0, 0.1) is 11.8 Å². The van der Waals surface area contributed by atoms with Crippen LogP contribution in [0.5, 0.6) is 0 Å². The van der Waals surface area contributed by atoms with Gasteiger partial charge >= 0.3 is 0 Å². The fraction of sp³-hybridized carbons (Fsp3) is 0.909. The summed E-state index contributed by atoms with van der Waals surface area (Å²) in [4.78, 5) is 13.6. The third-order valence-electron chi connectivity index (χ3n) is 3.71. The lowest BCUT2D eigenvalue weighted by Crippen LogP contribution is -2.33. The van der Waals surface area contributed by atoms with Gasteiger partial charge in [-0.05, 0) is 31.1 Å². The average molecular weight is 212 g/mol. The van der Waals surface area contributed by atoms with Crippen molar-refractivity contribution in [2.45, 2.75) is 25.3 Å². The molecule has 1 heterocycles. The van der Waals surface area contributed by atoms with E-state index in [-0.39, 0.29) is 12.5 Å². The number of carbonyl (C=O) groups excluding carboxylic acids is 1. The van der Waals surface area contributed by atoms with Gasteiger partial charge in [-0.15, -0.1) is 0 Å². The lowest BCUT2D eigenvalue weighted by Gasteiger charge is -2.27. The van der Waals surface area contributed by atoms with Crippen molar-refractivity contribution >= 4 is 5.91 Å². The Bertz CT molecular complexity index is 245. The van der Waals surface area contributed by atoms with E-state index in [1.807, 2.05) is 4.90 Å². The van der Waals surface area contributed by atoms with Crippen molar-refractivity contribution in [2.75, 3.05) is 26.8 Å². The van der Waals surface area contributed by atoms with Crippen LogP contribution in [0.1, 0.15) is 19.3 Å². The molecule has 1 aliphatic carbocycles. The molecule has 0 spiro atoms. The summed E-state index contributed by atoms with van der Waals surface area (Å²) >= 11 is 0. The SMILES string of the molecule is COCC(=O)N1C[C@H]2CCC(N)C[C@H]2C1. The molecule has 15 heavy (non-hydrogen) atoms. The number of methoxy groups -OCH3 is 1. The number of hydrogen-bond acceptors (Lipinski definition) is 3. The minimum atomic E-state index is 0.125. The molecule has 2 fully saturated rings. The second-order valence-corrected chi connectivity index (χ2v) is 4.83. The lowest BCUT2D eigenvalue weighted by molar-refractivity contribution is -0.134. The highest BCUT2D eigenvalue weighted by atomic mass is 16.5. The zero-order valence-electron chi connectivity index (χ0n) is 9.32. The van der Waals surface area contributed by atoms with Gasteiger partial charge in [-0.1, -0.05) is 0 Å². The molecule has 4 nitrogen and oxygen atoms in total. The Balaban J connectivity index is 1.90. The standard InChI is InChI=1S/C11H20N2O2/c1-15-7-11(14)13-5-8-2-3-10(12)4-9(8)6-13/h8-10H,2-7,12H2,1H3/t8-,9+,10?/m1/s1. The van der Waals surface area contributed by atoms with Crippen molar-refractivity contribution in [3.8, 4) is 0 Å². The maximum Gasteiger partial charge on any atom is 0.248 e. The van der Waals surface area contributed by atoms with E-state index < -0.39 is 0 Å². The quantitative estimate of drug-likeness (QED) is 0.712. The molecule has 86 valence electrons. The van der Waals surface area contributed by atoms with Crippen LogP contribution in [-0.2, 0) is 9.53 Å². The molecule has 0 aromatic rings. The summed E-state index contributed by atoms with van der Waals surface area (Å²) < 4.78 is 4.87. The van der Waals surface area contributed by atoms with E-state index >= 15 is 0 Å². The Morgan fingerprint density at radius 3 is 2.87 bits per heavy atom. The van der Waals surface area contributed by atoms with Crippen LogP contribution < -0.4 is 5.73 Å². The molecule has 1 saturated heterocycles. The van der Waals surface area contributed by atoms with Gasteiger partial charge in [-0.25, -0.2) is 0 Å². The van der Waals surface area contributed by atoms with E-state index in [2.05, 4.69) is 0 Å². The average Bonchev–Trinajstić information content (AvgIpc) is 2.60. The first-order valence-electron chi connectivity index (χ1n) is 5.73. The van der Waals surface area contributed by atoms with Gasteiger partial charge in [0.15, 0.2) is 0 Å². The highest BCUT2D eigenvalue weighted by Crippen LogP contribution is 2.35. The van der Waals surface area contributed by atoms with E-state index in [9.17, 15) is 4.79 Å². The molecule has 0 aromatic heterocycles. The van der Waals surface area contributed by atoms with Gasteiger partial charge in [0, 0.05) is 26.2 Å². The molecule has 1 amide bonds. The molecule has 3 atom stereocenters. The number of likely N-dealkylation sites (tertiary alicyclic amines) is 1. The number of amides is 1. The van der Waals surface area contributed by atoms with Crippen molar-refractivity contribution < 1.29 is 9.53 Å². The summed E-state index contributed by atoms with van der Waals surface area (Å²) in [5.41, 5.74) is 5.94. The maximum absolute atomic E-state index is 11.6. The molecule has 0 radical (unpaired) electrons. The summed E-state index contributed by atoms with van der Waals surface area (Å²) in [5.74, 6) is 1.45. The first-order valence-corrected chi connectivity index (χ1v) is 5.73. The van der Waals surface area contributed by atoms with Gasteiger partial charge < -0.3 is 15.4 Å². The predicted octanol–water partition coefficient (Wildman–Crippen LogP) is 0.219. The van der Waals surface area contributed by atoms with Crippen LogP contribution >= 0.6 is 0 Å². The van der Waals surface area contributed by atoms with Crippen molar-refractivity contribution in [3.63, 3.8) is 0 Å². The summed E-state index contributed by atoms with van der Waals surface area (Å²) in [7, 11) is 1.57. The van der Waals surface area contributed by atoms with E-state index in [4.69, 9.17) is 10.5 Å². The highest BCUT2D eigenvalue weighted by molar-refractivity contribution is 5.77. The van der Waals surface area contributed by atoms with Gasteiger partial charge in [0.2, 0.25) is 5.91 Å². The molecular formula is C11H20N2O2. The van der Waals surface area contributed by atoms with Crippen LogP contribution in [0.4, 0.5) is 0 Å². The Kier molecular flexibility index (Phi) is 3.26. The smallest absolute Gasteiger partial charge is 0.248 e. The molecule has 0 bridgehead atoms. The number of hydrogen-bond donors (Lipinski definition) is 1. The Labute approximate surface area is 90.8 Å². The number of fused-ring (bicyclic) bond motifs is 1. The molecule has 1 saturated carbocycles. The van der Waals surface area contributed by atoms with Crippen LogP contribution in [-0.4, -0.2) is 43.7 Å². The van der Waals surface area contributed by atoms with Crippen LogP contribution in [0.2, 0.25) is 0 Å². The van der Waals surface area contributed by atoms with E-state index in [0.717, 1.165) is 25.9 Å². The topological polar surface area (TPSA) is 55.6 Å². The van der Waals surface area contributed by atoms with Gasteiger partial charge in [-0.2, -0.15) is 0 Å². The number of nitrogens with two attached hydrogens (primary N) is 1. The molecule has 2 rings (SSSR count). The molecular weight excluding hydrogens is 192 g/mol. The van der Waals surface area contributed by atoms with Crippen LogP contribution in [0.3, 0.4) is 0 Å². The molecule has 2 aliphatic rings. The fourth-order valence-corrected chi connectivity index (χ4v) is 2.89. The van der Waals surface area contributed by atoms with Gasteiger partial charge in [0.05, 0.1) is 0 Å². The van der Waals surface area contributed by atoms with Crippen molar-refractivity contribution in [2.24, 2.45) is 17.6 Å². The fourth-order valence-electron chi connectivity index (χ4n) is 2.89. The van der Waals surface area contributed by atoms with Crippen molar-refractivity contribution in [1.82, 2.24) is 4.90 Å². The Morgan fingerprint density at radius 1 is 1.40 bits per heavy atom. The largest absolute Gasteiger partial charge is 0.375 e. The summed E-state index contributed by atoms with van der Waals surface area (Å²) in [6, 6.07) is 0.351. The van der Waals surface area contributed by atoms with E-state index in [1.54, 1.807) is 7.11 Å². The molecule has 1 aliphatic heterocycles. The minimum absolute atomic E-state index is 0.125. The van der Waals surface area contributed by atoms with E-state index in [1.165, 1.54) is 6.42 Å². The van der Waals surface area contributed by atoms with Gasteiger partial charge in [-0.3, -0.25) is 4.79 Å². The first kappa shape index (κ1) is 10.9. The third-order valence-corrected chi connectivity index (χ3v) is 3.71. The summed E-state index contributed by atoms with van der Waals surface area (Å²) in [6.07, 6.45) is 3.39. The zero-order chi connectivity index (χ0) is 10.8. The molecule has 2 N–H and O–H groups in total. The number of nitrogens with zero attached hydrogens (tertiary/aromatic N) is 1. The maximum atomic E-state index is 11.6. The number of rotatable bonds is 2. The zero-order valence-corrected chi connectivity index (χ0v) is 9.32.